The normalized spacial score (nSPS) is 10.9. The standard InChI is InChI=1S/C22H23N5O3S/c1-28-15-6-4-5-14(11-15)9-10-27-13-24-20(23)19-21(27)26-22(25-19)31-18-12-16(29-2)7-8-17(18)30-3/h4-8,11-13,23H,9-10H2,1-3H3,(H,25,26). The maximum absolute atomic E-state index is 8.18. The first-order chi connectivity index (χ1) is 15.1. The summed E-state index contributed by atoms with van der Waals surface area (Å²) in [6, 6.07) is 13.6. The molecule has 0 spiro atoms. The summed E-state index contributed by atoms with van der Waals surface area (Å²) in [6.45, 7) is 0.675. The first-order valence-electron chi connectivity index (χ1n) is 9.64. The number of nitrogens with zero attached hydrogens (tertiary/aromatic N) is 3. The van der Waals surface area contributed by atoms with Crippen molar-refractivity contribution in [2.24, 2.45) is 0 Å². The second-order valence-electron chi connectivity index (χ2n) is 6.75. The van der Waals surface area contributed by atoms with Crippen LogP contribution in [0.4, 0.5) is 0 Å². The predicted octanol–water partition coefficient (Wildman–Crippen LogP) is 3.66. The molecule has 0 atom stereocenters. The quantitative estimate of drug-likeness (QED) is 0.437. The summed E-state index contributed by atoms with van der Waals surface area (Å²) in [5.41, 5.74) is 2.59. The Balaban J connectivity index is 1.63. The van der Waals surface area contributed by atoms with Gasteiger partial charge in [-0.3, -0.25) is 5.41 Å². The van der Waals surface area contributed by atoms with E-state index < -0.39 is 0 Å². The third-order valence-corrected chi connectivity index (χ3v) is 5.78. The van der Waals surface area contributed by atoms with Crippen LogP contribution in [0, 0.1) is 5.41 Å². The highest BCUT2D eigenvalue weighted by Gasteiger charge is 2.13. The van der Waals surface area contributed by atoms with Crippen molar-refractivity contribution in [1.82, 2.24) is 19.5 Å². The smallest absolute Gasteiger partial charge is 0.173 e. The lowest BCUT2D eigenvalue weighted by Gasteiger charge is -2.08. The lowest BCUT2D eigenvalue weighted by Crippen LogP contribution is -2.13. The van der Waals surface area contributed by atoms with Gasteiger partial charge in [-0.1, -0.05) is 12.1 Å². The Morgan fingerprint density at radius 1 is 1.03 bits per heavy atom. The fourth-order valence-corrected chi connectivity index (χ4v) is 4.14. The summed E-state index contributed by atoms with van der Waals surface area (Å²) in [7, 11) is 4.91. The van der Waals surface area contributed by atoms with Crippen molar-refractivity contribution in [3.8, 4) is 17.2 Å². The van der Waals surface area contributed by atoms with Gasteiger partial charge >= 0.3 is 0 Å². The van der Waals surface area contributed by atoms with E-state index in [9.17, 15) is 0 Å². The average molecular weight is 438 g/mol. The molecule has 160 valence electrons. The van der Waals surface area contributed by atoms with Gasteiger partial charge in [0.15, 0.2) is 16.3 Å². The fraction of sp³-hybridized carbons (Fsp3) is 0.227. The molecule has 0 radical (unpaired) electrons. The predicted molar refractivity (Wildman–Crippen MR) is 118 cm³/mol. The van der Waals surface area contributed by atoms with E-state index in [0.717, 1.165) is 34.1 Å². The molecule has 4 rings (SSSR count). The first kappa shape index (κ1) is 20.8. The molecule has 0 fully saturated rings. The molecule has 0 aliphatic carbocycles. The lowest BCUT2D eigenvalue weighted by atomic mass is 10.1. The molecule has 8 nitrogen and oxygen atoms in total. The number of rotatable bonds is 8. The Bertz CT molecular complexity index is 1270. The highest BCUT2D eigenvalue weighted by Crippen LogP contribution is 2.36. The van der Waals surface area contributed by atoms with Crippen LogP contribution >= 0.6 is 11.8 Å². The minimum absolute atomic E-state index is 0.157. The summed E-state index contributed by atoms with van der Waals surface area (Å²) in [5.74, 6) is 2.29. The van der Waals surface area contributed by atoms with Crippen molar-refractivity contribution in [2.75, 3.05) is 21.3 Å². The van der Waals surface area contributed by atoms with Crippen LogP contribution in [-0.4, -0.2) is 40.8 Å². The SMILES string of the molecule is COc1cccc(CCn2cnc(=N)c3[nH]c(Sc4cc(OC)ccc4OC)nc32)c1. The molecule has 0 saturated heterocycles. The molecule has 2 aromatic heterocycles. The Kier molecular flexibility index (Phi) is 6.13. The van der Waals surface area contributed by atoms with Gasteiger partial charge in [0.2, 0.25) is 0 Å². The molecule has 9 heteroatoms. The number of hydrogen-bond donors (Lipinski definition) is 2. The minimum atomic E-state index is 0.157. The van der Waals surface area contributed by atoms with Gasteiger partial charge in [-0.15, -0.1) is 0 Å². The molecule has 0 bridgehead atoms. The van der Waals surface area contributed by atoms with Crippen LogP contribution in [0.3, 0.4) is 0 Å². The molecule has 31 heavy (non-hydrogen) atoms. The molecule has 2 N–H and O–H groups in total. The molecular formula is C22H23N5O3S. The van der Waals surface area contributed by atoms with Crippen molar-refractivity contribution in [3.05, 3.63) is 59.8 Å². The zero-order chi connectivity index (χ0) is 21.8. The maximum atomic E-state index is 8.18. The van der Waals surface area contributed by atoms with Crippen LogP contribution in [0.15, 0.2) is 58.8 Å². The van der Waals surface area contributed by atoms with E-state index >= 15 is 0 Å². The summed E-state index contributed by atoms with van der Waals surface area (Å²) >= 11 is 1.42. The number of methoxy groups -OCH3 is 3. The lowest BCUT2D eigenvalue weighted by molar-refractivity contribution is 0.394. The molecule has 2 heterocycles. The zero-order valence-electron chi connectivity index (χ0n) is 17.5. The van der Waals surface area contributed by atoms with Gasteiger partial charge in [-0.25, -0.2) is 9.97 Å². The number of imidazole rings is 1. The van der Waals surface area contributed by atoms with Crippen molar-refractivity contribution >= 4 is 22.9 Å². The third kappa shape index (κ3) is 4.51. The number of benzene rings is 2. The highest BCUT2D eigenvalue weighted by atomic mass is 32.2. The van der Waals surface area contributed by atoms with Gasteiger partial charge in [0.1, 0.15) is 22.8 Å². The van der Waals surface area contributed by atoms with Crippen LogP contribution in [0.1, 0.15) is 5.56 Å². The summed E-state index contributed by atoms with van der Waals surface area (Å²) < 4.78 is 18.0. The Morgan fingerprint density at radius 3 is 2.61 bits per heavy atom. The van der Waals surface area contributed by atoms with Gasteiger partial charge in [-0.2, -0.15) is 0 Å². The van der Waals surface area contributed by atoms with Gasteiger partial charge < -0.3 is 23.8 Å². The van der Waals surface area contributed by atoms with E-state index in [4.69, 9.17) is 24.6 Å². The van der Waals surface area contributed by atoms with Gasteiger partial charge in [0, 0.05) is 6.54 Å². The fourth-order valence-electron chi connectivity index (χ4n) is 3.22. The molecule has 0 aliphatic rings. The van der Waals surface area contributed by atoms with E-state index in [1.54, 1.807) is 27.7 Å². The Labute approximate surface area is 183 Å². The monoisotopic (exact) mass is 437 g/mol. The van der Waals surface area contributed by atoms with E-state index in [-0.39, 0.29) is 5.49 Å². The molecule has 4 aromatic rings. The number of aryl methyl sites for hydroxylation is 2. The summed E-state index contributed by atoms with van der Waals surface area (Å²) in [4.78, 5) is 13.0. The first-order valence-corrected chi connectivity index (χ1v) is 10.5. The number of ether oxygens (including phenoxy) is 3. The zero-order valence-corrected chi connectivity index (χ0v) is 18.3. The van der Waals surface area contributed by atoms with Crippen LogP contribution in [0.2, 0.25) is 0 Å². The molecular weight excluding hydrogens is 414 g/mol. The number of fused-ring (bicyclic) bond motifs is 1. The van der Waals surface area contributed by atoms with Crippen LogP contribution in [-0.2, 0) is 13.0 Å². The number of aromatic nitrogens is 4. The number of aromatic amines is 1. The molecule has 0 saturated carbocycles. The summed E-state index contributed by atoms with van der Waals surface area (Å²) in [6.07, 6.45) is 2.45. The number of nitrogens with one attached hydrogen (secondary N) is 2. The van der Waals surface area contributed by atoms with Crippen LogP contribution in [0.25, 0.3) is 11.2 Å². The van der Waals surface area contributed by atoms with Crippen molar-refractivity contribution in [1.29, 1.82) is 5.41 Å². The minimum Gasteiger partial charge on any atom is -0.497 e. The van der Waals surface area contributed by atoms with Gasteiger partial charge in [0.05, 0.1) is 32.6 Å². The summed E-state index contributed by atoms with van der Waals surface area (Å²) in [5, 5.41) is 8.83. The second-order valence-corrected chi connectivity index (χ2v) is 7.78. The van der Waals surface area contributed by atoms with Crippen LogP contribution in [0.5, 0.6) is 17.2 Å². The average Bonchev–Trinajstić information content (AvgIpc) is 3.23. The van der Waals surface area contributed by atoms with Crippen molar-refractivity contribution in [2.45, 2.75) is 23.0 Å². The van der Waals surface area contributed by atoms with E-state index in [1.807, 2.05) is 41.0 Å². The van der Waals surface area contributed by atoms with Crippen LogP contribution < -0.4 is 19.7 Å². The molecule has 0 unspecified atom stereocenters. The molecule has 2 aromatic carbocycles. The largest absolute Gasteiger partial charge is 0.497 e. The second kappa shape index (κ2) is 9.13. The number of H-pyrrole nitrogens is 1. The third-order valence-electron chi connectivity index (χ3n) is 4.85. The van der Waals surface area contributed by atoms with Crippen molar-refractivity contribution in [3.63, 3.8) is 0 Å². The number of hydrogen-bond acceptors (Lipinski definition) is 7. The molecule has 0 aliphatic heterocycles. The van der Waals surface area contributed by atoms with Gasteiger partial charge in [0.25, 0.3) is 0 Å². The van der Waals surface area contributed by atoms with Gasteiger partial charge in [-0.05, 0) is 54.1 Å². The van der Waals surface area contributed by atoms with E-state index in [2.05, 4.69) is 16.0 Å². The topological polar surface area (TPSA) is 98.0 Å². The van der Waals surface area contributed by atoms with E-state index in [0.29, 0.717) is 22.9 Å². The maximum Gasteiger partial charge on any atom is 0.173 e. The Hall–Kier alpha value is -3.46. The Morgan fingerprint density at radius 2 is 1.84 bits per heavy atom. The van der Waals surface area contributed by atoms with E-state index in [1.165, 1.54) is 11.8 Å². The highest BCUT2D eigenvalue weighted by molar-refractivity contribution is 7.99. The van der Waals surface area contributed by atoms with Crippen molar-refractivity contribution < 1.29 is 14.2 Å². The molecule has 0 amide bonds.